The molecule has 2 nitrogen and oxygen atoms in total. The van der Waals surface area contributed by atoms with Gasteiger partial charge in [0.25, 0.3) is 0 Å². The van der Waals surface area contributed by atoms with Gasteiger partial charge in [0.15, 0.2) is 0 Å². The van der Waals surface area contributed by atoms with Crippen LogP contribution in [0.3, 0.4) is 0 Å². The molecular weight excluding hydrogens is 267 g/mol. The normalized spacial score (nSPS) is 17.8. The largest absolute Gasteiger partial charge is 0.416 e. The molecule has 0 unspecified atom stereocenters. The van der Waals surface area contributed by atoms with Crippen LogP contribution in [0, 0.1) is 0 Å². The molecule has 1 saturated carbocycles. The van der Waals surface area contributed by atoms with Crippen LogP contribution in [0.15, 0.2) is 23.2 Å². The van der Waals surface area contributed by atoms with E-state index in [1.165, 1.54) is 12.1 Å². The quantitative estimate of drug-likeness (QED) is 0.591. The van der Waals surface area contributed by atoms with Gasteiger partial charge < -0.3 is 0 Å². The van der Waals surface area contributed by atoms with Gasteiger partial charge in [-0.05, 0) is 37.0 Å². The maximum atomic E-state index is 12.5. The molecule has 96 valence electrons. The van der Waals surface area contributed by atoms with Gasteiger partial charge in [0.05, 0.1) is 11.1 Å². The highest BCUT2D eigenvalue weighted by atomic mass is 35.5. The lowest BCUT2D eigenvalue weighted by Gasteiger charge is -2.37. The van der Waals surface area contributed by atoms with Crippen molar-refractivity contribution in [1.29, 1.82) is 0 Å². The Morgan fingerprint density at radius 1 is 1.33 bits per heavy atom. The first-order chi connectivity index (χ1) is 8.39. The minimum Gasteiger partial charge on any atom is -0.211 e. The predicted octanol–water partition coefficient (Wildman–Crippen LogP) is 4.07. The number of carbonyl (C=O) groups excluding carboxylic acids is 1. The summed E-state index contributed by atoms with van der Waals surface area (Å²) in [6.45, 7) is 0. The van der Waals surface area contributed by atoms with E-state index < -0.39 is 17.3 Å². The molecule has 18 heavy (non-hydrogen) atoms. The van der Waals surface area contributed by atoms with Crippen LogP contribution in [0.1, 0.15) is 30.4 Å². The van der Waals surface area contributed by atoms with Crippen LogP contribution in [-0.2, 0) is 16.5 Å². The van der Waals surface area contributed by atoms with Gasteiger partial charge in [-0.1, -0.05) is 17.7 Å². The summed E-state index contributed by atoms with van der Waals surface area (Å²) >= 11 is 5.88. The lowest BCUT2D eigenvalue weighted by molar-refractivity contribution is -0.137. The molecule has 0 aliphatic heterocycles. The third kappa shape index (κ3) is 2.16. The maximum Gasteiger partial charge on any atom is 0.416 e. The zero-order valence-electron chi connectivity index (χ0n) is 9.22. The molecule has 0 atom stereocenters. The van der Waals surface area contributed by atoms with E-state index in [4.69, 9.17) is 11.6 Å². The summed E-state index contributed by atoms with van der Waals surface area (Å²) in [4.78, 5) is 14.1. The highest BCUT2D eigenvalue weighted by molar-refractivity contribution is 6.31. The highest BCUT2D eigenvalue weighted by Gasteiger charge is 2.41. The number of benzene rings is 1. The summed E-state index contributed by atoms with van der Waals surface area (Å²) in [7, 11) is 0. The third-order valence-electron chi connectivity index (χ3n) is 3.24. The van der Waals surface area contributed by atoms with Crippen LogP contribution >= 0.6 is 11.6 Å². The molecule has 0 radical (unpaired) electrons. The first kappa shape index (κ1) is 13.1. The van der Waals surface area contributed by atoms with E-state index in [0.717, 1.165) is 18.6 Å². The van der Waals surface area contributed by atoms with E-state index in [1.54, 1.807) is 0 Å². The molecule has 0 saturated heterocycles. The van der Waals surface area contributed by atoms with Crippen LogP contribution in [0.5, 0.6) is 0 Å². The molecule has 0 heterocycles. The second-order valence-electron chi connectivity index (χ2n) is 4.28. The zero-order chi connectivity index (χ0) is 13.4. The number of hydrogen-bond donors (Lipinski definition) is 0. The fourth-order valence-corrected chi connectivity index (χ4v) is 2.47. The molecule has 6 heteroatoms. The van der Waals surface area contributed by atoms with Crippen molar-refractivity contribution in [2.24, 2.45) is 4.99 Å². The first-order valence-corrected chi connectivity index (χ1v) is 5.73. The summed E-state index contributed by atoms with van der Waals surface area (Å²) in [6.07, 6.45) is -0.880. The highest BCUT2D eigenvalue weighted by Crippen LogP contribution is 2.48. The number of isocyanates is 1. The van der Waals surface area contributed by atoms with Crippen molar-refractivity contribution >= 4 is 17.7 Å². The predicted molar refractivity (Wildman–Crippen MR) is 60.1 cm³/mol. The van der Waals surface area contributed by atoms with Crippen LogP contribution in [0.4, 0.5) is 13.2 Å². The summed E-state index contributed by atoms with van der Waals surface area (Å²) in [5, 5.41) is -0.0106. The number of halogens is 4. The molecule has 2 rings (SSSR count). The minimum atomic E-state index is -4.43. The van der Waals surface area contributed by atoms with E-state index in [1.807, 2.05) is 0 Å². The average Bonchev–Trinajstić information content (AvgIpc) is 2.22. The molecule has 1 aliphatic rings. The van der Waals surface area contributed by atoms with Crippen LogP contribution in [0.25, 0.3) is 0 Å². The molecular formula is C12H9ClF3NO. The van der Waals surface area contributed by atoms with Gasteiger partial charge in [-0.3, -0.25) is 0 Å². The average molecular weight is 276 g/mol. The van der Waals surface area contributed by atoms with Crippen molar-refractivity contribution in [3.63, 3.8) is 0 Å². The van der Waals surface area contributed by atoms with Crippen molar-refractivity contribution in [1.82, 2.24) is 0 Å². The molecule has 0 amide bonds. The monoisotopic (exact) mass is 275 g/mol. The summed E-state index contributed by atoms with van der Waals surface area (Å²) in [5.41, 5.74) is -1.12. The van der Waals surface area contributed by atoms with Crippen LogP contribution < -0.4 is 0 Å². The third-order valence-corrected chi connectivity index (χ3v) is 3.55. The van der Waals surface area contributed by atoms with E-state index in [-0.39, 0.29) is 5.02 Å². The lowest BCUT2D eigenvalue weighted by atomic mass is 9.72. The van der Waals surface area contributed by atoms with E-state index in [9.17, 15) is 18.0 Å². The van der Waals surface area contributed by atoms with E-state index >= 15 is 0 Å². The molecule has 1 aromatic carbocycles. The summed E-state index contributed by atoms with van der Waals surface area (Å²) in [6, 6.07) is 3.13. The molecule has 1 aromatic rings. The van der Waals surface area contributed by atoms with Gasteiger partial charge in [0.2, 0.25) is 6.08 Å². The smallest absolute Gasteiger partial charge is 0.211 e. The van der Waals surface area contributed by atoms with Crippen molar-refractivity contribution in [2.45, 2.75) is 31.0 Å². The number of rotatable bonds is 2. The van der Waals surface area contributed by atoms with Gasteiger partial charge in [-0.2, -0.15) is 18.2 Å². The van der Waals surface area contributed by atoms with Gasteiger partial charge >= 0.3 is 6.18 Å². The topological polar surface area (TPSA) is 29.4 Å². The Bertz CT molecular complexity index is 517. The van der Waals surface area contributed by atoms with Gasteiger partial charge in [0, 0.05) is 5.02 Å². The Morgan fingerprint density at radius 2 is 2.00 bits per heavy atom. The second-order valence-corrected chi connectivity index (χ2v) is 4.69. The number of aliphatic imine (C=N–C) groups is 1. The van der Waals surface area contributed by atoms with E-state index in [0.29, 0.717) is 18.4 Å². The molecule has 1 fully saturated rings. The zero-order valence-corrected chi connectivity index (χ0v) is 9.98. The molecule has 1 aliphatic carbocycles. The number of nitrogens with zero attached hydrogens (tertiary/aromatic N) is 1. The van der Waals surface area contributed by atoms with Crippen LogP contribution in [0.2, 0.25) is 5.02 Å². The van der Waals surface area contributed by atoms with Crippen LogP contribution in [-0.4, -0.2) is 6.08 Å². The molecule has 0 N–H and O–H groups in total. The Kier molecular flexibility index (Phi) is 3.21. The summed E-state index contributed by atoms with van der Waals surface area (Å²) in [5.74, 6) is 0. The summed E-state index contributed by atoms with van der Waals surface area (Å²) < 4.78 is 37.5. The Morgan fingerprint density at radius 3 is 2.39 bits per heavy atom. The Balaban J connectivity index is 2.45. The van der Waals surface area contributed by atoms with Gasteiger partial charge in [-0.25, -0.2) is 4.79 Å². The first-order valence-electron chi connectivity index (χ1n) is 5.35. The van der Waals surface area contributed by atoms with Gasteiger partial charge in [0.1, 0.15) is 0 Å². The van der Waals surface area contributed by atoms with Crippen molar-refractivity contribution in [3.05, 3.63) is 34.3 Å². The molecule has 0 bridgehead atoms. The molecule has 0 spiro atoms. The van der Waals surface area contributed by atoms with Gasteiger partial charge in [-0.15, -0.1) is 0 Å². The number of alkyl halides is 3. The van der Waals surface area contributed by atoms with Crippen molar-refractivity contribution < 1.29 is 18.0 Å². The second kappa shape index (κ2) is 4.41. The Hall–Kier alpha value is -1.32. The lowest BCUT2D eigenvalue weighted by Crippen LogP contribution is -2.32. The minimum absolute atomic E-state index is 0.0106. The SMILES string of the molecule is O=C=NC1(c2ccc(C(F)(F)F)cc2Cl)CCC1. The fourth-order valence-electron chi connectivity index (χ4n) is 2.11. The molecule has 0 aromatic heterocycles. The van der Waals surface area contributed by atoms with Crippen molar-refractivity contribution in [2.75, 3.05) is 0 Å². The Labute approximate surface area is 106 Å². The standard InChI is InChI=1S/C12H9ClF3NO/c13-10-6-8(12(14,15)16)2-3-9(10)11(17-7-18)4-1-5-11/h2-3,6H,1,4-5H2. The number of hydrogen-bond acceptors (Lipinski definition) is 2. The van der Waals surface area contributed by atoms with Crippen molar-refractivity contribution in [3.8, 4) is 0 Å². The maximum absolute atomic E-state index is 12.5. The fraction of sp³-hybridized carbons (Fsp3) is 0.417. The van der Waals surface area contributed by atoms with E-state index in [2.05, 4.69) is 4.99 Å².